The number of aromatic nitrogens is 1. The van der Waals surface area contributed by atoms with Crippen LogP contribution in [0.25, 0.3) is 22.2 Å². The predicted octanol–water partition coefficient (Wildman–Crippen LogP) is 2.42. The number of carbonyl (C=O) groups is 1. The fourth-order valence-electron chi connectivity index (χ4n) is 2.00. The highest BCUT2D eigenvalue weighted by Gasteiger charge is 2.20. The maximum atomic E-state index is 11.5. The number of fused-ring (bicyclic) bond motifs is 1. The first-order valence-electron chi connectivity index (χ1n) is 5.60. The smallest absolute Gasteiger partial charge is 0.285 e. The van der Waals surface area contributed by atoms with Gasteiger partial charge >= 0.3 is 0 Å². The average Bonchev–Trinajstić information content (AvgIpc) is 2.79. The van der Waals surface area contributed by atoms with E-state index in [1.807, 2.05) is 18.2 Å². The van der Waals surface area contributed by atoms with Crippen LogP contribution in [0.5, 0.6) is 0 Å². The van der Waals surface area contributed by atoms with E-state index in [4.69, 9.17) is 21.8 Å². The highest BCUT2D eigenvalue weighted by atomic mass is 35.5. The molecule has 102 valence electrons. The van der Waals surface area contributed by atoms with E-state index in [1.165, 1.54) is 6.20 Å². The van der Waals surface area contributed by atoms with Crippen molar-refractivity contribution < 1.29 is 14.7 Å². The van der Waals surface area contributed by atoms with Gasteiger partial charge in [-0.1, -0.05) is 29.8 Å². The molecule has 1 aromatic carbocycles. The van der Waals surface area contributed by atoms with Gasteiger partial charge in [0.05, 0.1) is 16.3 Å². The van der Waals surface area contributed by atoms with Gasteiger partial charge in [0.2, 0.25) is 5.76 Å². The van der Waals surface area contributed by atoms with Crippen molar-refractivity contribution in [2.45, 2.75) is 0 Å². The number of nitrogens with two attached hydrogens (primary N) is 1. The Hall–Kier alpha value is -2.37. The standard InChI is InChI=1S/C14H9ClN2O2.H2O/c15-8-5-6-10(17-7-8)12-9-3-1-2-4-11(9)19-13(12)14(16)18;/h1-7H,(H2,16,18);1H2. The molecule has 0 aliphatic heterocycles. The maximum Gasteiger partial charge on any atom is 0.285 e. The van der Waals surface area contributed by atoms with Gasteiger partial charge < -0.3 is 15.6 Å². The molecule has 0 radical (unpaired) electrons. The largest absolute Gasteiger partial charge is 0.450 e. The summed E-state index contributed by atoms with van der Waals surface area (Å²) in [6, 6.07) is 10.8. The van der Waals surface area contributed by atoms with Crippen LogP contribution in [-0.4, -0.2) is 16.4 Å². The van der Waals surface area contributed by atoms with Crippen molar-refractivity contribution in [2.75, 3.05) is 0 Å². The normalized spacial score (nSPS) is 10.2. The van der Waals surface area contributed by atoms with Crippen LogP contribution in [0, 0.1) is 0 Å². The minimum atomic E-state index is -0.622. The van der Waals surface area contributed by atoms with Gasteiger partial charge in [-0.25, -0.2) is 0 Å². The van der Waals surface area contributed by atoms with E-state index in [9.17, 15) is 4.79 Å². The quantitative estimate of drug-likeness (QED) is 0.784. The topological polar surface area (TPSA) is 101 Å². The van der Waals surface area contributed by atoms with Crippen molar-refractivity contribution >= 4 is 28.5 Å². The number of hydrogen-bond acceptors (Lipinski definition) is 3. The van der Waals surface area contributed by atoms with Gasteiger partial charge in [-0.3, -0.25) is 9.78 Å². The molecular weight excluding hydrogens is 280 g/mol. The third-order valence-corrected chi connectivity index (χ3v) is 3.03. The summed E-state index contributed by atoms with van der Waals surface area (Å²) in [6.45, 7) is 0. The minimum Gasteiger partial charge on any atom is -0.450 e. The van der Waals surface area contributed by atoms with Gasteiger partial charge in [0, 0.05) is 11.6 Å². The lowest BCUT2D eigenvalue weighted by Gasteiger charge is -2.00. The molecule has 3 rings (SSSR count). The number of pyridine rings is 1. The van der Waals surface area contributed by atoms with E-state index in [1.54, 1.807) is 18.2 Å². The van der Waals surface area contributed by atoms with E-state index >= 15 is 0 Å². The summed E-state index contributed by atoms with van der Waals surface area (Å²) in [5.41, 5.74) is 7.16. The van der Waals surface area contributed by atoms with E-state index in [-0.39, 0.29) is 11.2 Å². The van der Waals surface area contributed by atoms with Crippen LogP contribution in [0.2, 0.25) is 5.02 Å². The summed E-state index contributed by atoms with van der Waals surface area (Å²) in [5, 5.41) is 1.32. The molecule has 4 N–H and O–H groups in total. The lowest BCUT2D eigenvalue weighted by molar-refractivity contribution is 0.0977. The summed E-state index contributed by atoms with van der Waals surface area (Å²) in [5.74, 6) is -0.515. The number of para-hydroxylation sites is 1. The zero-order valence-corrected chi connectivity index (χ0v) is 11.0. The number of primary amides is 1. The summed E-state index contributed by atoms with van der Waals surface area (Å²) in [4.78, 5) is 15.7. The second-order valence-electron chi connectivity index (χ2n) is 4.03. The molecule has 0 unspecified atom stereocenters. The van der Waals surface area contributed by atoms with Crippen LogP contribution in [0.1, 0.15) is 10.6 Å². The fraction of sp³-hybridized carbons (Fsp3) is 0. The molecule has 2 aromatic heterocycles. The Labute approximate surface area is 119 Å². The molecule has 0 saturated heterocycles. The first-order valence-corrected chi connectivity index (χ1v) is 5.98. The van der Waals surface area contributed by atoms with E-state index in [2.05, 4.69) is 4.98 Å². The zero-order valence-electron chi connectivity index (χ0n) is 10.3. The molecule has 1 amide bonds. The number of halogens is 1. The lowest BCUT2D eigenvalue weighted by Crippen LogP contribution is -2.11. The van der Waals surface area contributed by atoms with Crippen molar-refractivity contribution in [1.29, 1.82) is 0 Å². The van der Waals surface area contributed by atoms with Gasteiger partial charge in [-0.2, -0.15) is 0 Å². The van der Waals surface area contributed by atoms with Crippen LogP contribution >= 0.6 is 11.6 Å². The second-order valence-corrected chi connectivity index (χ2v) is 4.46. The first-order chi connectivity index (χ1) is 9.16. The number of amides is 1. The molecule has 5 nitrogen and oxygen atoms in total. The molecule has 2 heterocycles. The molecule has 0 spiro atoms. The van der Waals surface area contributed by atoms with Crippen LogP contribution in [0.15, 0.2) is 47.0 Å². The van der Waals surface area contributed by atoms with Crippen LogP contribution in [0.3, 0.4) is 0 Å². The summed E-state index contributed by atoms with van der Waals surface area (Å²) < 4.78 is 5.50. The second kappa shape index (κ2) is 5.32. The van der Waals surface area contributed by atoms with E-state index < -0.39 is 5.91 Å². The highest BCUT2D eigenvalue weighted by molar-refractivity contribution is 6.30. The van der Waals surface area contributed by atoms with Gasteiger partial charge in [0.25, 0.3) is 5.91 Å². The maximum absolute atomic E-state index is 11.5. The predicted molar refractivity (Wildman–Crippen MR) is 76.6 cm³/mol. The Balaban J connectivity index is 0.00000147. The highest BCUT2D eigenvalue weighted by Crippen LogP contribution is 2.33. The van der Waals surface area contributed by atoms with Crippen molar-refractivity contribution in [3.05, 3.63) is 53.4 Å². The molecule has 0 aliphatic rings. The third kappa shape index (κ3) is 2.24. The third-order valence-electron chi connectivity index (χ3n) is 2.80. The number of carbonyl (C=O) groups excluding carboxylic acids is 1. The minimum absolute atomic E-state index is 0. The fourth-order valence-corrected chi connectivity index (χ4v) is 2.11. The SMILES string of the molecule is NC(=O)c1oc2ccccc2c1-c1ccc(Cl)cn1.O. The molecule has 3 aromatic rings. The molecular formula is C14H11ClN2O3. The van der Waals surface area contributed by atoms with Crippen LogP contribution in [0.4, 0.5) is 0 Å². The molecule has 0 bridgehead atoms. The molecule has 0 atom stereocenters. The Morgan fingerprint density at radius 2 is 1.95 bits per heavy atom. The molecule has 0 aliphatic carbocycles. The van der Waals surface area contributed by atoms with E-state index in [0.717, 1.165) is 5.39 Å². The van der Waals surface area contributed by atoms with Crippen molar-refractivity contribution in [3.8, 4) is 11.3 Å². The van der Waals surface area contributed by atoms with Crippen molar-refractivity contribution in [2.24, 2.45) is 5.73 Å². The van der Waals surface area contributed by atoms with Crippen LogP contribution in [-0.2, 0) is 0 Å². The summed E-state index contributed by atoms with van der Waals surface area (Å²) in [6.07, 6.45) is 1.52. The number of furan rings is 1. The van der Waals surface area contributed by atoms with Gasteiger partial charge in [0.15, 0.2) is 0 Å². The van der Waals surface area contributed by atoms with Crippen molar-refractivity contribution in [1.82, 2.24) is 4.98 Å². The first kappa shape index (κ1) is 14.0. The van der Waals surface area contributed by atoms with Gasteiger partial charge in [-0.15, -0.1) is 0 Å². The Morgan fingerprint density at radius 1 is 1.20 bits per heavy atom. The summed E-state index contributed by atoms with van der Waals surface area (Å²) in [7, 11) is 0. The summed E-state index contributed by atoms with van der Waals surface area (Å²) >= 11 is 5.82. The molecule has 0 saturated carbocycles. The van der Waals surface area contributed by atoms with Gasteiger partial charge in [-0.05, 0) is 18.2 Å². The Morgan fingerprint density at radius 3 is 2.60 bits per heavy atom. The van der Waals surface area contributed by atoms with Crippen LogP contribution < -0.4 is 5.73 Å². The van der Waals surface area contributed by atoms with Gasteiger partial charge in [0.1, 0.15) is 5.58 Å². The number of hydrogen-bond donors (Lipinski definition) is 1. The zero-order chi connectivity index (χ0) is 13.4. The Kier molecular flexibility index (Phi) is 3.74. The average molecular weight is 291 g/mol. The van der Waals surface area contributed by atoms with E-state index in [0.29, 0.717) is 21.9 Å². The molecule has 0 fully saturated rings. The lowest BCUT2D eigenvalue weighted by atomic mass is 10.1. The molecule has 6 heteroatoms. The van der Waals surface area contributed by atoms with Crippen molar-refractivity contribution in [3.63, 3.8) is 0 Å². The number of nitrogens with zero attached hydrogens (tertiary/aromatic N) is 1. The number of rotatable bonds is 2. The molecule has 20 heavy (non-hydrogen) atoms. The monoisotopic (exact) mass is 290 g/mol. The number of benzene rings is 1. The Bertz CT molecular complexity index is 766.